The molecule has 1 aromatic carbocycles. The van der Waals surface area contributed by atoms with Gasteiger partial charge in [0.05, 0.1) is 11.0 Å². The third kappa shape index (κ3) is 5.96. The second-order valence-electron chi connectivity index (χ2n) is 10.7. The van der Waals surface area contributed by atoms with E-state index in [4.69, 9.17) is 4.74 Å². The summed E-state index contributed by atoms with van der Waals surface area (Å²) in [6.07, 6.45) is -2.93. The lowest BCUT2D eigenvalue weighted by atomic mass is 9.74. The molecule has 2 fully saturated rings. The molecule has 1 heterocycles. The van der Waals surface area contributed by atoms with E-state index in [-0.39, 0.29) is 17.9 Å². The van der Waals surface area contributed by atoms with Gasteiger partial charge in [0.2, 0.25) is 5.91 Å². The smallest absolute Gasteiger partial charge is 0.416 e. The standard InChI is InChI=1S/C25H36F3N3O3/c1-17(2)24(10-9-19(16-24)29-22(33)34-23(3,4)5)21(32)31-13-11-30(12-14-31)20-8-6-7-18(15-20)25(26,27)28/h6-8,15,17,19H,9-14,16H2,1-5H3,(H,29,33)/t19-,24+/m1/s1. The minimum atomic E-state index is -4.39. The van der Waals surface area contributed by atoms with Crippen molar-refractivity contribution in [3.05, 3.63) is 29.8 Å². The normalized spacial score (nSPS) is 23.9. The number of benzene rings is 1. The topological polar surface area (TPSA) is 61.9 Å². The third-order valence-electron chi connectivity index (χ3n) is 6.91. The van der Waals surface area contributed by atoms with Crippen LogP contribution in [-0.4, -0.2) is 54.7 Å². The van der Waals surface area contributed by atoms with Crippen molar-refractivity contribution in [1.82, 2.24) is 10.2 Å². The predicted octanol–water partition coefficient (Wildman–Crippen LogP) is 5.07. The summed E-state index contributed by atoms with van der Waals surface area (Å²) in [5, 5.41) is 2.92. The molecule has 1 saturated heterocycles. The van der Waals surface area contributed by atoms with Crippen molar-refractivity contribution in [2.75, 3.05) is 31.1 Å². The summed E-state index contributed by atoms with van der Waals surface area (Å²) in [5.74, 6) is 0.159. The van der Waals surface area contributed by atoms with Crippen LogP contribution in [0.2, 0.25) is 0 Å². The van der Waals surface area contributed by atoms with Gasteiger partial charge < -0.3 is 19.9 Å². The molecule has 6 nitrogen and oxygen atoms in total. The molecule has 3 rings (SSSR count). The molecule has 0 bridgehead atoms. The van der Waals surface area contributed by atoms with Gasteiger partial charge in [0.15, 0.2) is 0 Å². The number of amides is 2. The molecule has 190 valence electrons. The highest BCUT2D eigenvalue weighted by atomic mass is 19.4. The summed E-state index contributed by atoms with van der Waals surface area (Å²) in [6.45, 7) is 11.3. The van der Waals surface area contributed by atoms with E-state index in [2.05, 4.69) is 5.32 Å². The van der Waals surface area contributed by atoms with Crippen LogP contribution in [0.15, 0.2) is 24.3 Å². The zero-order valence-corrected chi connectivity index (χ0v) is 20.7. The molecule has 1 N–H and O–H groups in total. The summed E-state index contributed by atoms with van der Waals surface area (Å²) in [4.78, 5) is 29.6. The minimum absolute atomic E-state index is 0.0691. The quantitative estimate of drug-likeness (QED) is 0.649. The number of ether oxygens (including phenoxy) is 1. The Morgan fingerprint density at radius 2 is 1.76 bits per heavy atom. The van der Waals surface area contributed by atoms with Gasteiger partial charge in [-0.05, 0) is 64.2 Å². The Morgan fingerprint density at radius 3 is 2.32 bits per heavy atom. The second-order valence-corrected chi connectivity index (χ2v) is 10.7. The fourth-order valence-electron chi connectivity index (χ4n) is 5.00. The van der Waals surface area contributed by atoms with Crippen LogP contribution in [0.25, 0.3) is 0 Å². The summed E-state index contributed by atoms with van der Waals surface area (Å²) >= 11 is 0. The molecule has 0 radical (unpaired) electrons. The predicted molar refractivity (Wildman–Crippen MR) is 125 cm³/mol. The molecule has 0 unspecified atom stereocenters. The van der Waals surface area contributed by atoms with Crippen molar-refractivity contribution in [3.63, 3.8) is 0 Å². The van der Waals surface area contributed by atoms with Gasteiger partial charge >= 0.3 is 12.3 Å². The van der Waals surface area contributed by atoms with E-state index < -0.39 is 28.8 Å². The molecule has 2 amide bonds. The molecule has 9 heteroatoms. The Labute approximate surface area is 199 Å². The molecule has 1 aliphatic heterocycles. The molecule has 1 saturated carbocycles. The second kappa shape index (κ2) is 9.66. The number of hydrogen-bond donors (Lipinski definition) is 1. The van der Waals surface area contributed by atoms with Crippen molar-refractivity contribution >= 4 is 17.7 Å². The number of nitrogens with one attached hydrogen (secondary N) is 1. The van der Waals surface area contributed by atoms with Crippen LogP contribution in [0.1, 0.15) is 59.4 Å². The first-order chi connectivity index (χ1) is 15.7. The van der Waals surface area contributed by atoms with E-state index in [1.807, 2.05) is 44.4 Å². The Bertz CT molecular complexity index is 889. The minimum Gasteiger partial charge on any atom is -0.444 e. The first-order valence-corrected chi connectivity index (χ1v) is 11.9. The van der Waals surface area contributed by atoms with Crippen LogP contribution < -0.4 is 10.2 Å². The molecule has 0 spiro atoms. The van der Waals surface area contributed by atoms with Crippen molar-refractivity contribution in [2.24, 2.45) is 11.3 Å². The largest absolute Gasteiger partial charge is 0.444 e. The van der Waals surface area contributed by atoms with Crippen molar-refractivity contribution < 1.29 is 27.5 Å². The number of anilines is 1. The molecule has 34 heavy (non-hydrogen) atoms. The van der Waals surface area contributed by atoms with E-state index in [0.717, 1.165) is 12.1 Å². The van der Waals surface area contributed by atoms with Crippen molar-refractivity contribution in [3.8, 4) is 0 Å². The van der Waals surface area contributed by atoms with Gasteiger partial charge in [0.1, 0.15) is 5.60 Å². The maximum absolute atomic E-state index is 13.7. The maximum Gasteiger partial charge on any atom is 0.416 e. The van der Waals surface area contributed by atoms with Crippen LogP contribution in [0.3, 0.4) is 0 Å². The Kier molecular flexibility index (Phi) is 7.43. The van der Waals surface area contributed by atoms with Crippen LogP contribution in [0.5, 0.6) is 0 Å². The third-order valence-corrected chi connectivity index (χ3v) is 6.91. The summed E-state index contributed by atoms with van der Waals surface area (Å²) in [6, 6.07) is 5.19. The first kappa shape index (κ1) is 26.2. The van der Waals surface area contributed by atoms with E-state index in [0.29, 0.717) is 51.1 Å². The van der Waals surface area contributed by atoms with E-state index >= 15 is 0 Å². The summed E-state index contributed by atoms with van der Waals surface area (Å²) in [5.41, 5.74) is -1.31. The van der Waals surface area contributed by atoms with Crippen LogP contribution in [0.4, 0.5) is 23.7 Å². The number of halogens is 3. The van der Waals surface area contributed by atoms with Gasteiger partial charge in [0, 0.05) is 37.9 Å². The first-order valence-electron chi connectivity index (χ1n) is 11.9. The fraction of sp³-hybridized carbons (Fsp3) is 0.680. The molecular weight excluding hydrogens is 447 g/mol. The van der Waals surface area contributed by atoms with Gasteiger partial charge in [0.25, 0.3) is 0 Å². The highest BCUT2D eigenvalue weighted by molar-refractivity contribution is 5.84. The highest BCUT2D eigenvalue weighted by Gasteiger charge is 2.50. The zero-order chi connectivity index (χ0) is 25.3. The van der Waals surface area contributed by atoms with Crippen LogP contribution in [0, 0.1) is 11.3 Å². The Morgan fingerprint density at radius 1 is 1.12 bits per heavy atom. The lowest BCUT2D eigenvalue weighted by Gasteiger charge is -2.42. The van der Waals surface area contributed by atoms with E-state index in [9.17, 15) is 22.8 Å². The number of alkyl carbamates (subject to hydrolysis) is 1. The molecule has 1 aliphatic carbocycles. The van der Waals surface area contributed by atoms with Gasteiger partial charge in [-0.15, -0.1) is 0 Å². The zero-order valence-electron chi connectivity index (χ0n) is 20.7. The van der Waals surface area contributed by atoms with Gasteiger partial charge in [-0.2, -0.15) is 13.2 Å². The lowest BCUT2D eigenvalue weighted by Crippen LogP contribution is -2.54. The number of nitrogens with zero attached hydrogens (tertiary/aromatic N) is 2. The number of hydrogen-bond acceptors (Lipinski definition) is 4. The monoisotopic (exact) mass is 483 g/mol. The van der Waals surface area contributed by atoms with Gasteiger partial charge in [-0.3, -0.25) is 4.79 Å². The van der Waals surface area contributed by atoms with Gasteiger partial charge in [-0.1, -0.05) is 19.9 Å². The summed E-state index contributed by atoms with van der Waals surface area (Å²) in [7, 11) is 0. The number of rotatable bonds is 4. The molecular formula is C25H36F3N3O3. The number of carbonyl (C=O) groups excluding carboxylic acids is 2. The summed E-state index contributed by atoms with van der Waals surface area (Å²) < 4.78 is 44.6. The average molecular weight is 484 g/mol. The fourth-order valence-corrected chi connectivity index (χ4v) is 5.00. The number of carbonyl (C=O) groups is 2. The molecule has 2 aliphatic rings. The van der Waals surface area contributed by atoms with Crippen molar-refractivity contribution in [1.29, 1.82) is 0 Å². The van der Waals surface area contributed by atoms with E-state index in [1.54, 1.807) is 6.07 Å². The van der Waals surface area contributed by atoms with Gasteiger partial charge in [-0.25, -0.2) is 4.79 Å². The van der Waals surface area contributed by atoms with Crippen LogP contribution >= 0.6 is 0 Å². The molecule has 1 aromatic rings. The Hall–Kier alpha value is -2.45. The maximum atomic E-state index is 13.7. The SMILES string of the molecule is CC(C)[C@]1(C(=O)N2CCN(c3cccc(C(F)(F)F)c3)CC2)CC[C@@H](NC(=O)OC(C)(C)C)C1. The number of alkyl halides is 3. The molecule has 0 aromatic heterocycles. The van der Waals surface area contributed by atoms with E-state index in [1.165, 1.54) is 6.07 Å². The number of piperazine rings is 1. The highest BCUT2D eigenvalue weighted by Crippen LogP contribution is 2.46. The lowest BCUT2D eigenvalue weighted by molar-refractivity contribution is -0.145. The van der Waals surface area contributed by atoms with Crippen LogP contribution in [-0.2, 0) is 15.7 Å². The Balaban J connectivity index is 1.63. The molecule has 2 atom stereocenters. The average Bonchev–Trinajstić information content (AvgIpc) is 3.16. The van der Waals surface area contributed by atoms with Crippen molar-refractivity contribution in [2.45, 2.75) is 71.7 Å².